The van der Waals surface area contributed by atoms with Crippen molar-refractivity contribution in [2.24, 2.45) is 0 Å². The molecule has 1 amide bonds. The average molecular weight is 411 g/mol. The first kappa shape index (κ1) is 20.8. The van der Waals surface area contributed by atoms with Crippen LogP contribution in [0.15, 0.2) is 48.5 Å². The van der Waals surface area contributed by atoms with Crippen molar-refractivity contribution in [2.45, 2.75) is 26.7 Å². The lowest BCUT2D eigenvalue weighted by atomic mass is 10.0. The van der Waals surface area contributed by atoms with Gasteiger partial charge >= 0.3 is 12.2 Å². The van der Waals surface area contributed by atoms with Crippen molar-refractivity contribution in [1.29, 1.82) is 0 Å². The van der Waals surface area contributed by atoms with Gasteiger partial charge in [0.15, 0.2) is 12.5 Å². The highest BCUT2D eigenvalue weighted by Gasteiger charge is 2.18. The van der Waals surface area contributed by atoms with Gasteiger partial charge in [-0.05, 0) is 32.0 Å². The molecule has 0 aliphatic heterocycles. The number of benzene rings is 2. The smallest absolute Gasteiger partial charge is 0.453 e. The van der Waals surface area contributed by atoms with Gasteiger partial charge in [-0.25, -0.2) is 14.6 Å². The van der Waals surface area contributed by atoms with Gasteiger partial charge < -0.3 is 14.2 Å². The van der Waals surface area contributed by atoms with Crippen LogP contribution in [0.25, 0.3) is 11.0 Å². The van der Waals surface area contributed by atoms with Gasteiger partial charge in [0.05, 0.1) is 24.2 Å². The van der Waals surface area contributed by atoms with Gasteiger partial charge in [-0.3, -0.25) is 14.7 Å². The van der Waals surface area contributed by atoms with E-state index >= 15 is 0 Å². The van der Waals surface area contributed by atoms with Crippen LogP contribution < -0.4 is 5.32 Å². The summed E-state index contributed by atoms with van der Waals surface area (Å²) in [5.74, 6) is -0.0650. The zero-order valence-electron chi connectivity index (χ0n) is 16.7. The third-order valence-electron chi connectivity index (χ3n) is 4.09. The molecule has 1 heterocycles. The molecule has 9 heteroatoms. The van der Waals surface area contributed by atoms with Crippen LogP contribution >= 0.6 is 0 Å². The quantitative estimate of drug-likeness (QED) is 0.483. The van der Waals surface area contributed by atoms with Gasteiger partial charge in [-0.1, -0.05) is 30.3 Å². The van der Waals surface area contributed by atoms with Crippen molar-refractivity contribution in [3.8, 4) is 0 Å². The van der Waals surface area contributed by atoms with Gasteiger partial charge in [0, 0.05) is 11.1 Å². The average Bonchev–Trinajstić information content (AvgIpc) is 3.07. The largest absolute Gasteiger partial charge is 0.510 e. The van der Waals surface area contributed by atoms with E-state index in [-0.39, 0.29) is 24.6 Å². The third-order valence-corrected chi connectivity index (χ3v) is 4.09. The maximum Gasteiger partial charge on any atom is 0.510 e. The molecule has 0 atom stereocenters. The summed E-state index contributed by atoms with van der Waals surface area (Å²) in [5.41, 5.74) is 1.96. The molecular formula is C21H21N3O6. The number of carbonyl (C=O) groups excluding carboxylic acids is 3. The Morgan fingerprint density at radius 3 is 2.47 bits per heavy atom. The summed E-state index contributed by atoms with van der Waals surface area (Å²) >= 11 is 0. The van der Waals surface area contributed by atoms with Gasteiger partial charge in [0.2, 0.25) is 5.95 Å². The highest BCUT2D eigenvalue weighted by Crippen LogP contribution is 2.23. The van der Waals surface area contributed by atoms with Gasteiger partial charge in [-0.2, -0.15) is 0 Å². The van der Waals surface area contributed by atoms with Crippen molar-refractivity contribution in [1.82, 2.24) is 9.55 Å². The number of amides is 1. The molecule has 0 saturated heterocycles. The summed E-state index contributed by atoms with van der Waals surface area (Å²) in [6.07, 6.45) is -1.93. The summed E-state index contributed by atoms with van der Waals surface area (Å²) in [6, 6.07) is 13.8. The first-order valence-electron chi connectivity index (χ1n) is 9.17. The van der Waals surface area contributed by atoms with Crippen LogP contribution in [0.2, 0.25) is 0 Å². The molecule has 3 rings (SSSR count). The number of anilines is 1. The number of carbonyl (C=O) groups is 3. The highest BCUT2D eigenvalue weighted by atomic mass is 16.7. The van der Waals surface area contributed by atoms with Crippen molar-refractivity contribution in [3.05, 3.63) is 59.7 Å². The number of nitrogens with one attached hydrogen (secondary N) is 1. The summed E-state index contributed by atoms with van der Waals surface area (Å²) in [4.78, 5) is 40.5. The maximum absolute atomic E-state index is 12.7. The number of nitrogens with zero attached hydrogens (tertiary/aromatic N) is 2. The molecule has 2 aromatic carbocycles. The molecule has 0 fully saturated rings. The van der Waals surface area contributed by atoms with Crippen molar-refractivity contribution < 1.29 is 28.6 Å². The van der Waals surface area contributed by atoms with Crippen molar-refractivity contribution >= 4 is 35.0 Å². The zero-order chi connectivity index (χ0) is 21.7. The zero-order valence-corrected chi connectivity index (χ0v) is 16.7. The number of methoxy groups -OCH3 is 1. The fourth-order valence-corrected chi connectivity index (χ4v) is 2.74. The lowest BCUT2D eigenvalue weighted by molar-refractivity contribution is 0.0174. The van der Waals surface area contributed by atoms with Crippen LogP contribution in [0.4, 0.5) is 15.5 Å². The molecule has 0 radical (unpaired) electrons. The van der Waals surface area contributed by atoms with E-state index in [1.165, 1.54) is 11.7 Å². The van der Waals surface area contributed by atoms with Gasteiger partial charge in [0.1, 0.15) is 0 Å². The number of aromatic nitrogens is 2. The molecule has 1 aromatic heterocycles. The van der Waals surface area contributed by atoms with Crippen LogP contribution in [0, 0.1) is 0 Å². The summed E-state index contributed by atoms with van der Waals surface area (Å²) in [5, 5.41) is 2.47. The maximum atomic E-state index is 12.7. The monoisotopic (exact) mass is 411 g/mol. The second kappa shape index (κ2) is 9.08. The van der Waals surface area contributed by atoms with Gasteiger partial charge in [-0.15, -0.1) is 0 Å². The van der Waals surface area contributed by atoms with E-state index in [2.05, 4.69) is 15.0 Å². The molecule has 0 spiro atoms. The Morgan fingerprint density at radius 2 is 1.80 bits per heavy atom. The second-order valence-corrected chi connectivity index (χ2v) is 6.57. The minimum absolute atomic E-state index is 0.0958. The predicted molar refractivity (Wildman–Crippen MR) is 108 cm³/mol. The number of hydrogen-bond acceptors (Lipinski definition) is 7. The summed E-state index contributed by atoms with van der Waals surface area (Å²) in [7, 11) is 1.22. The normalized spacial score (nSPS) is 10.7. The lowest BCUT2D eigenvalue weighted by Crippen LogP contribution is -2.19. The first-order valence-corrected chi connectivity index (χ1v) is 9.17. The molecule has 0 aliphatic rings. The molecule has 9 nitrogen and oxygen atoms in total. The fourth-order valence-electron chi connectivity index (χ4n) is 2.74. The topological polar surface area (TPSA) is 109 Å². The predicted octanol–water partition coefficient (Wildman–Crippen LogP) is 3.96. The fraction of sp³-hybridized carbons (Fsp3) is 0.238. The lowest BCUT2D eigenvalue weighted by Gasteiger charge is -2.12. The second-order valence-electron chi connectivity index (χ2n) is 6.57. The Kier molecular flexibility index (Phi) is 6.31. The van der Waals surface area contributed by atoms with Gasteiger partial charge in [0.25, 0.3) is 0 Å². The third kappa shape index (κ3) is 4.75. The minimum Gasteiger partial charge on any atom is -0.453 e. The SMILES string of the molecule is COC(=O)Nc1nc2cc(C(=O)c3ccccc3)ccc2n1COC(=O)OC(C)C. The Morgan fingerprint density at radius 1 is 1.07 bits per heavy atom. The minimum atomic E-state index is -0.855. The molecule has 0 aliphatic carbocycles. The molecule has 3 aromatic rings. The summed E-state index contributed by atoms with van der Waals surface area (Å²) in [6.45, 7) is 3.14. The van der Waals surface area contributed by atoms with Crippen LogP contribution in [-0.4, -0.2) is 40.8 Å². The van der Waals surface area contributed by atoms with Crippen LogP contribution in [-0.2, 0) is 20.9 Å². The summed E-state index contributed by atoms with van der Waals surface area (Å²) < 4.78 is 16.1. The van der Waals surface area contributed by atoms with Crippen LogP contribution in [0.1, 0.15) is 29.8 Å². The molecule has 0 unspecified atom stereocenters. The number of fused-ring (bicyclic) bond motifs is 1. The Labute approximate surface area is 172 Å². The number of ketones is 1. The van der Waals surface area contributed by atoms with Crippen molar-refractivity contribution in [2.75, 3.05) is 12.4 Å². The number of imidazole rings is 1. The standard InChI is InChI=1S/C21H21N3O6/c1-13(2)30-21(27)29-12-24-17-10-9-15(18(25)14-7-5-4-6-8-14)11-16(17)22-19(24)23-20(26)28-3/h4-11,13H,12H2,1-3H3,(H,22,23,26). The molecule has 0 saturated carbocycles. The van der Waals surface area contributed by atoms with E-state index in [1.54, 1.807) is 56.3 Å². The number of ether oxygens (including phenoxy) is 3. The van der Waals surface area contributed by atoms with E-state index < -0.39 is 12.2 Å². The van der Waals surface area contributed by atoms with Crippen LogP contribution in [0.3, 0.4) is 0 Å². The van der Waals surface area contributed by atoms with E-state index in [0.29, 0.717) is 22.2 Å². The molecule has 1 N–H and O–H groups in total. The Bertz CT molecular complexity index is 1080. The molecular weight excluding hydrogens is 390 g/mol. The van der Waals surface area contributed by atoms with E-state index in [9.17, 15) is 14.4 Å². The first-order chi connectivity index (χ1) is 14.4. The highest BCUT2D eigenvalue weighted by molar-refractivity contribution is 6.10. The Balaban J connectivity index is 1.94. The van der Waals surface area contributed by atoms with E-state index in [1.807, 2.05) is 6.07 Å². The molecule has 0 bridgehead atoms. The van der Waals surface area contributed by atoms with Crippen molar-refractivity contribution in [3.63, 3.8) is 0 Å². The molecule has 156 valence electrons. The number of rotatable bonds is 6. The Hall–Kier alpha value is -3.88. The van der Waals surface area contributed by atoms with E-state index in [0.717, 1.165) is 0 Å². The number of hydrogen-bond donors (Lipinski definition) is 1. The molecule has 30 heavy (non-hydrogen) atoms. The van der Waals surface area contributed by atoms with E-state index in [4.69, 9.17) is 9.47 Å². The van der Waals surface area contributed by atoms with Crippen LogP contribution in [0.5, 0.6) is 0 Å².